The quantitative estimate of drug-likeness (QED) is 0.00672. The van der Waals surface area contributed by atoms with Crippen LogP contribution in [0.2, 0.25) is 0 Å². The number of aromatic carboxylic acids is 1. The number of anilines is 6. The second-order valence-corrected chi connectivity index (χ2v) is 34.2. The molecule has 0 saturated carbocycles. The zero-order valence-corrected chi connectivity index (χ0v) is 90.0. The Hall–Kier alpha value is -13.8. The van der Waals surface area contributed by atoms with Crippen molar-refractivity contribution in [3.63, 3.8) is 0 Å². The molecule has 0 amide bonds. The molecule has 0 radical (unpaired) electrons. The Balaban J connectivity index is 0.000000205. The largest absolute Gasteiger partial charge is 1.00 e. The standard InChI is InChI=1S/C35H31N3O5.C35H31N3O4.C34H29N3O5.C4H8O.C2H3N.C2H6.CH2O3.2K.H/c1-37(2)25-12-14-27-31(18-25)42-32-19-26(38(3)4)13-15-28(32)33(27)22-8-10-24(11-9-22)36-20-21-6-7-23-17-29(34(39)41-5)35(40)43-30(23)16-21;1-21(39)30-17-24-7-6-22(16-31(24)42-35(30)40)20-36-25-10-8-23(9-11-25)34-28-14-12-26(37(2)3)18-32(28)41-33-19-27(38(4)5)13-15-29(33)34;1-36(2)24-11-13-26-30(17-24)41-31-18-25(37(3)4)12-14-27(31)32(26)21-7-9-23(10-8-21)35-19-20-5-6-22-16-28(33(38)39)34(40)42-29(22)15-20;1-2-4-5-3-1;1-2-3;1-2;2-1-4-3;;;/h6-19H,20H2,1-5H3;6-19H,20H2,1-5H3;5-18H,19H2,1-4H3,(H,38,39);1-4H2;1H3;1-2H3;1,3H;;;/q;;;;;;;2*+1;-1/p+2. The van der Waals surface area contributed by atoms with Crippen molar-refractivity contribution in [3.8, 4) is 73.4 Å². The molecule has 9 aromatic carbocycles. The molecular formula is C113H113K2N10O18+3. The van der Waals surface area contributed by atoms with Crippen LogP contribution >= 0.6 is 0 Å². The van der Waals surface area contributed by atoms with Crippen molar-refractivity contribution < 1.29 is 175 Å². The molecule has 12 aromatic rings. The van der Waals surface area contributed by atoms with E-state index < -0.39 is 28.8 Å². The van der Waals surface area contributed by atoms with Crippen LogP contribution in [0.1, 0.15) is 89.7 Å². The van der Waals surface area contributed by atoms with Crippen LogP contribution in [0.25, 0.3) is 133 Å². The van der Waals surface area contributed by atoms with Crippen molar-refractivity contribution in [1.29, 1.82) is 5.26 Å². The maximum atomic E-state index is 12.2. The number of benzene rings is 12. The van der Waals surface area contributed by atoms with Gasteiger partial charge in [-0.15, -0.1) is 0 Å². The first-order valence-corrected chi connectivity index (χ1v) is 45.6. The molecule has 30 heteroatoms. The molecule has 1 saturated heterocycles. The molecular weight excluding hydrogens is 1860 g/mol. The fourth-order valence-electron chi connectivity index (χ4n) is 16.0. The molecule has 28 nitrogen and oxygen atoms in total. The Kier molecular flexibility index (Phi) is 38.9. The zero-order valence-electron chi connectivity index (χ0n) is 84.8. The summed E-state index contributed by atoms with van der Waals surface area (Å²) in [6.45, 7) is 10.2. The van der Waals surface area contributed by atoms with Crippen LogP contribution < -0.4 is 185 Å². The van der Waals surface area contributed by atoms with E-state index in [9.17, 15) is 28.8 Å². The van der Waals surface area contributed by atoms with E-state index >= 15 is 0 Å². The molecule has 0 bridgehead atoms. The van der Waals surface area contributed by atoms with Gasteiger partial charge in [-0.2, -0.15) is 5.26 Å². The number of fused-ring (bicyclic) bond motifs is 9. The number of esters is 1. The predicted octanol–water partition coefficient (Wildman–Crippen LogP) is 12.7. The van der Waals surface area contributed by atoms with Gasteiger partial charge in [-0.05, 0) is 181 Å². The van der Waals surface area contributed by atoms with Crippen LogP contribution in [0, 0.1) is 11.3 Å². The fraction of sp³-hybridized carbons (Fsp3) is 0.212. The van der Waals surface area contributed by atoms with E-state index in [1.165, 1.54) is 45.9 Å². The van der Waals surface area contributed by atoms with Crippen molar-refractivity contribution in [2.75, 3.05) is 136 Å². The molecule has 4 aliphatic heterocycles. The first kappa shape index (κ1) is 110. The number of ether oxygens (including phenoxy) is 2. The number of methoxy groups -OCH3 is 1. The number of nitrogens with zero attached hydrogens (tertiary/aromatic N) is 7. The number of rotatable bonds is 19. The van der Waals surface area contributed by atoms with E-state index in [1.54, 1.807) is 30.3 Å². The Morgan fingerprint density at radius 2 is 0.720 bits per heavy atom. The Bertz CT molecular complexity index is 7740. The van der Waals surface area contributed by atoms with Crippen LogP contribution in [-0.2, 0) is 38.8 Å². The average Bonchev–Trinajstić information content (AvgIpc) is 0.853. The van der Waals surface area contributed by atoms with E-state index in [0.717, 1.165) is 186 Å². The molecule has 4 N–H and O–H groups in total. The average molecular weight is 1980 g/mol. The number of nitriles is 1. The Morgan fingerprint density at radius 3 is 0.986 bits per heavy atom. The molecule has 19 rings (SSSR count). The molecule has 7 heterocycles. The van der Waals surface area contributed by atoms with Crippen LogP contribution in [0.3, 0.4) is 0 Å². The molecule has 3 aliphatic carbocycles. The van der Waals surface area contributed by atoms with E-state index in [-0.39, 0.29) is 133 Å². The van der Waals surface area contributed by atoms with Crippen LogP contribution in [-0.4, -0.2) is 134 Å². The molecule has 0 spiro atoms. The molecule has 143 heavy (non-hydrogen) atoms. The SMILES string of the molecule is C1CCOC1.CC.CC#N.CC(=O)c1cc2ccc(CNc3ccc(-c4c5ccc(=[N+](C)C)cc-5oc5cc(N(C)C)ccc45)cc3)cc2oc1=O.CN(C)c1ccc2c(-c3ccc(NCc4ccc5cc(C(=O)O)c(=O)oc5c4)cc3)c3ccc(=[N+](C)C)cc-3oc2c1.COC(=O)c1cc2ccc(CNc3ccc(-c4c5ccc(=[N+](C)C)cc-5oc5cc(N(C)C)ccc45)cc3)cc2oc1=O.O=CO[O-].[H-].[K+].[K+]. The normalized spacial score (nSPS) is 11.1. The van der Waals surface area contributed by atoms with Crippen molar-refractivity contribution in [1.82, 2.24) is 13.7 Å². The number of hydrogen-bond acceptors (Lipinski definition) is 24. The Labute approximate surface area is 912 Å². The fourth-order valence-corrected chi connectivity index (χ4v) is 16.0. The number of carboxylic acids is 1. The minimum atomic E-state index is -1.30. The minimum absolute atomic E-state index is 0. The van der Waals surface area contributed by atoms with Gasteiger partial charge in [0.1, 0.15) is 110 Å². The monoisotopic (exact) mass is 1980 g/mol. The smallest absolute Gasteiger partial charge is 1.00 e. The van der Waals surface area contributed by atoms with Crippen LogP contribution in [0.5, 0.6) is 0 Å². The third-order valence-electron chi connectivity index (χ3n) is 23.5. The van der Waals surface area contributed by atoms with Gasteiger partial charge in [-0.1, -0.05) is 86.6 Å². The van der Waals surface area contributed by atoms with Gasteiger partial charge in [0.25, 0.3) is 6.47 Å². The first-order valence-electron chi connectivity index (χ1n) is 45.6. The third kappa shape index (κ3) is 26.8. The number of carbonyl (C=O) groups is 4. The van der Waals surface area contributed by atoms with Gasteiger partial charge in [-0.25, -0.2) is 37.7 Å². The van der Waals surface area contributed by atoms with E-state index in [4.69, 9.17) is 51.7 Å². The van der Waals surface area contributed by atoms with Crippen LogP contribution in [0.4, 0.5) is 34.1 Å². The number of Topliss-reactive ketones (excluding diaryl/α,β-unsaturated/α-hetero) is 1. The first-order chi connectivity index (χ1) is 67.9. The topological polar surface area (TPSA) is 348 Å². The number of hydrogen-bond donors (Lipinski definition) is 4. The van der Waals surface area contributed by atoms with Gasteiger partial charge in [0.15, 0.2) is 5.78 Å². The molecule has 3 aromatic heterocycles. The second-order valence-electron chi connectivity index (χ2n) is 34.2. The summed E-state index contributed by atoms with van der Waals surface area (Å²) in [6, 6.07) is 85.7. The summed E-state index contributed by atoms with van der Waals surface area (Å²) in [5.41, 5.74) is 19.7. The predicted molar refractivity (Wildman–Crippen MR) is 558 cm³/mol. The molecule has 722 valence electrons. The number of carboxylic acid groups (broad SMARTS) is 1. The summed E-state index contributed by atoms with van der Waals surface area (Å²) in [7, 11) is 25.5. The van der Waals surface area contributed by atoms with Gasteiger partial charge < -0.3 is 83.3 Å². The Morgan fingerprint density at radius 1 is 0.427 bits per heavy atom. The van der Waals surface area contributed by atoms with E-state index in [1.807, 2.05) is 147 Å². The summed E-state index contributed by atoms with van der Waals surface area (Å²) < 4.78 is 51.2. The van der Waals surface area contributed by atoms with Crippen LogP contribution in [0.15, 0.2) is 296 Å². The zero-order chi connectivity index (χ0) is 101. The van der Waals surface area contributed by atoms with Crippen molar-refractivity contribution in [2.45, 2.75) is 60.2 Å². The van der Waals surface area contributed by atoms with Gasteiger partial charge in [-0.3, -0.25) is 9.59 Å². The van der Waals surface area contributed by atoms with Gasteiger partial charge in [0, 0.05) is 218 Å². The number of nitrogens with one attached hydrogen (secondary N) is 3. The summed E-state index contributed by atoms with van der Waals surface area (Å²) in [4.78, 5) is 88.6. The third-order valence-corrected chi connectivity index (χ3v) is 23.5. The maximum absolute atomic E-state index is 12.2. The summed E-state index contributed by atoms with van der Waals surface area (Å²) >= 11 is 0. The van der Waals surface area contributed by atoms with Crippen molar-refractivity contribution in [2.24, 2.45) is 0 Å². The molecule has 1 fully saturated rings. The number of ketones is 1. The minimum Gasteiger partial charge on any atom is -1.00 e. The van der Waals surface area contributed by atoms with Crippen molar-refractivity contribution >= 4 is 124 Å². The van der Waals surface area contributed by atoms with Gasteiger partial charge in [0.05, 0.1) is 31.4 Å². The summed E-state index contributed by atoms with van der Waals surface area (Å²) in [5.74, 6) is 0.158. The van der Waals surface area contributed by atoms with Gasteiger partial charge in [0.2, 0.25) is 16.1 Å². The molecule has 0 unspecified atom stereocenters. The molecule has 7 aliphatic rings. The van der Waals surface area contributed by atoms with E-state index in [2.05, 4.69) is 224 Å². The van der Waals surface area contributed by atoms with Gasteiger partial charge >= 0.3 is 132 Å². The second kappa shape index (κ2) is 50.8. The summed E-state index contributed by atoms with van der Waals surface area (Å²) in [6.07, 6.45) is 2.56. The van der Waals surface area contributed by atoms with Crippen molar-refractivity contribution in [3.05, 3.63) is 336 Å². The maximum Gasteiger partial charge on any atom is 1.00 e. The molecule has 0 atom stereocenters. The summed E-state index contributed by atoms with van der Waals surface area (Å²) in [5, 5.41) is 43.5. The number of carbonyl (C=O) groups excluding carboxylic acids is 3. The van der Waals surface area contributed by atoms with E-state index in [0.29, 0.717) is 47.2 Å².